The van der Waals surface area contributed by atoms with Crippen LogP contribution in [0.3, 0.4) is 0 Å². The topological polar surface area (TPSA) is 66.0 Å². The Morgan fingerprint density at radius 2 is 2.00 bits per heavy atom. The molecule has 0 saturated carbocycles. The van der Waals surface area contributed by atoms with Gasteiger partial charge in [-0.25, -0.2) is 4.79 Å². The van der Waals surface area contributed by atoms with Crippen molar-refractivity contribution >= 4 is 52.7 Å². The van der Waals surface area contributed by atoms with Crippen molar-refractivity contribution in [1.29, 1.82) is 0 Å². The molecule has 5 atom stereocenters. The van der Waals surface area contributed by atoms with Gasteiger partial charge in [0.2, 0.25) is 3.79 Å². The first kappa shape index (κ1) is 22.3. The summed E-state index contributed by atoms with van der Waals surface area (Å²) in [7, 11) is 0. The number of carbonyl (C=O) groups excluding carboxylic acids is 1. The second kappa shape index (κ2) is 10.1. The molecule has 0 aromatic heterocycles. The van der Waals surface area contributed by atoms with E-state index in [0.29, 0.717) is 13.0 Å². The van der Waals surface area contributed by atoms with Crippen molar-refractivity contribution in [3.8, 4) is 0 Å². The molecule has 2 saturated heterocycles. The Hall–Kier alpha value is -0.410. The number of ether oxygens (including phenoxy) is 4. The molecular formula is C18H22Cl3NO5S. The van der Waals surface area contributed by atoms with Crippen molar-refractivity contribution in [2.75, 3.05) is 19.0 Å². The minimum absolute atomic E-state index is 0.195. The average Bonchev–Trinajstić information content (AvgIpc) is 2.67. The monoisotopic (exact) mass is 469 g/mol. The number of halogens is 3. The van der Waals surface area contributed by atoms with Crippen molar-refractivity contribution in [2.45, 2.75) is 47.1 Å². The summed E-state index contributed by atoms with van der Waals surface area (Å²) in [4.78, 5) is 12.1. The van der Waals surface area contributed by atoms with Crippen LogP contribution in [-0.2, 0) is 18.9 Å². The van der Waals surface area contributed by atoms with Gasteiger partial charge in [-0.2, -0.15) is 0 Å². The zero-order valence-corrected chi connectivity index (χ0v) is 18.3. The molecule has 2 heterocycles. The van der Waals surface area contributed by atoms with E-state index in [1.165, 1.54) is 0 Å². The Morgan fingerprint density at radius 3 is 2.68 bits per heavy atom. The predicted molar refractivity (Wildman–Crippen MR) is 110 cm³/mol. The van der Waals surface area contributed by atoms with Gasteiger partial charge in [-0.1, -0.05) is 72.1 Å². The zero-order valence-electron chi connectivity index (χ0n) is 15.2. The molecule has 10 heteroatoms. The number of amides is 1. The lowest BCUT2D eigenvalue weighted by Gasteiger charge is -2.45. The van der Waals surface area contributed by atoms with Crippen molar-refractivity contribution in [1.82, 2.24) is 5.32 Å². The van der Waals surface area contributed by atoms with E-state index in [4.69, 9.17) is 53.8 Å². The molecule has 0 bridgehead atoms. The molecule has 1 aromatic rings. The van der Waals surface area contributed by atoms with E-state index in [9.17, 15) is 4.79 Å². The molecule has 1 amide bonds. The zero-order chi connectivity index (χ0) is 20.1. The highest BCUT2D eigenvalue weighted by molar-refractivity contribution is 7.99. The van der Waals surface area contributed by atoms with Gasteiger partial charge in [0, 0.05) is 12.0 Å². The van der Waals surface area contributed by atoms with Crippen LogP contribution < -0.4 is 5.32 Å². The van der Waals surface area contributed by atoms with Gasteiger partial charge >= 0.3 is 6.09 Å². The summed E-state index contributed by atoms with van der Waals surface area (Å²) in [6.45, 7) is 2.11. The van der Waals surface area contributed by atoms with E-state index in [2.05, 4.69) is 5.32 Å². The predicted octanol–water partition coefficient (Wildman–Crippen LogP) is 4.43. The van der Waals surface area contributed by atoms with Gasteiger partial charge in [0.1, 0.15) is 18.1 Å². The van der Waals surface area contributed by atoms with Crippen LogP contribution in [0.15, 0.2) is 30.3 Å². The Bertz CT molecular complexity index is 648. The number of fused-ring (bicyclic) bond motifs is 1. The van der Waals surface area contributed by atoms with Crippen LogP contribution in [0.25, 0.3) is 0 Å². The lowest BCUT2D eigenvalue weighted by atomic mass is 10.0. The van der Waals surface area contributed by atoms with Crippen molar-refractivity contribution in [3.05, 3.63) is 35.9 Å². The van der Waals surface area contributed by atoms with Crippen LogP contribution in [0.4, 0.5) is 4.79 Å². The molecule has 2 aliphatic rings. The smallest absolute Gasteiger partial charge is 0.407 e. The van der Waals surface area contributed by atoms with Crippen LogP contribution >= 0.6 is 46.6 Å². The number of rotatable bonds is 5. The number of carbonyl (C=O) groups is 1. The summed E-state index contributed by atoms with van der Waals surface area (Å²) in [5.41, 5.74) is 0.699. The van der Waals surface area contributed by atoms with Crippen LogP contribution in [0, 0.1) is 0 Å². The third-order valence-corrected chi connectivity index (χ3v) is 5.75. The fourth-order valence-electron chi connectivity index (χ4n) is 3.11. The van der Waals surface area contributed by atoms with Crippen molar-refractivity contribution in [2.24, 2.45) is 0 Å². The standard InChI is InChI=1S/C18H22Cl3NO5S/c1-2-28-16-12(22-17(23)25-10-18(19,20)21)8-13-14(27-16)9-24-15(26-13)11-6-4-3-5-7-11/h3-7,12-16H,2,8-10H2,1H3,(H,22,23)/t12-,13+,14-,15?,16+/m1/s1. The van der Waals surface area contributed by atoms with Crippen LogP contribution in [0.1, 0.15) is 25.2 Å². The Morgan fingerprint density at radius 1 is 1.25 bits per heavy atom. The highest BCUT2D eigenvalue weighted by atomic mass is 35.6. The van der Waals surface area contributed by atoms with Crippen molar-refractivity contribution < 1.29 is 23.7 Å². The molecule has 0 radical (unpaired) electrons. The quantitative estimate of drug-likeness (QED) is 0.642. The Balaban J connectivity index is 1.62. The summed E-state index contributed by atoms with van der Waals surface area (Å²) < 4.78 is 21.4. The van der Waals surface area contributed by atoms with Gasteiger partial charge < -0.3 is 24.3 Å². The van der Waals surface area contributed by atoms with E-state index in [-0.39, 0.29) is 30.3 Å². The molecule has 0 spiro atoms. The van der Waals surface area contributed by atoms with Crippen LogP contribution in [0.5, 0.6) is 0 Å². The largest absolute Gasteiger partial charge is 0.445 e. The molecule has 1 unspecified atom stereocenters. The van der Waals surface area contributed by atoms with Gasteiger partial charge in [-0.15, -0.1) is 11.8 Å². The molecule has 0 aliphatic carbocycles. The van der Waals surface area contributed by atoms with E-state index in [1.54, 1.807) is 11.8 Å². The lowest BCUT2D eigenvalue weighted by molar-refractivity contribution is -0.283. The summed E-state index contributed by atoms with van der Waals surface area (Å²) in [5, 5.41) is 2.81. The Labute approximate surface area is 183 Å². The lowest BCUT2D eigenvalue weighted by Crippen LogP contribution is -2.57. The first-order chi connectivity index (χ1) is 13.4. The van der Waals surface area contributed by atoms with Crippen LogP contribution in [-0.4, -0.2) is 52.5 Å². The maximum Gasteiger partial charge on any atom is 0.407 e. The third-order valence-electron chi connectivity index (χ3n) is 4.32. The minimum Gasteiger partial charge on any atom is -0.445 e. The number of hydrogen-bond acceptors (Lipinski definition) is 6. The van der Waals surface area contributed by atoms with Crippen molar-refractivity contribution in [3.63, 3.8) is 0 Å². The minimum atomic E-state index is -1.66. The van der Waals surface area contributed by atoms with Gasteiger partial charge in [0.05, 0.1) is 18.8 Å². The fraction of sp³-hybridized carbons (Fsp3) is 0.611. The first-order valence-electron chi connectivity index (χ1n) is 8.95. The number of thioether (sulfide) groups is 1. The van der Waals surface area contributed by atoms with Gasteiger partial charge in [0.15, 0.2) is 6.29 Å². The Kier molecular flexibility index (Phi) is 8.01. The normalized spacial score (nSPS) is 30.4. The number of alkyl carbamates (subject to hydrolysis) is 1. The first-order valence-corrected chi connectivity index (χ1v) is 11.1. The maximum atomic E-state index is 12.1. The molecule has 156 valence electrons. The van der Waals surface area contributed by atoms with E-state index in [0.717, 1.165) is 11.3 Å². The SMILES string of the molecule is CCS[C@@H]1O[C@@H]2COC(c3ccccc3)O[C@H]2C[C@H]1NC(=O)OCC(Cl)(Cl)Cl. The highest BCUT2D eigenvalue weighted by Gasteiger charge is 2.44. The van der Waals surface area contributed by atoms with Gasteiger partial charge in [-0.3, -0.25) is 0 Å². The van der Waals surface area contributed by atoms with E-state index in [1.807, 2.05) is 37.3 Å². The molecule has 2 fully saturated rings. The molecule has 6 nitrogen and oxygen atoms in total. The van der Waals surface area contributed by atoms with E-state index >= 15 is 0 Å². The molecule has 28 heavy (non-hydrogen) atoms. The molecular weight excluding hydrogens is 449 g/mol. The summed E-state index contributed by atoms with van der Waals surface area (Å²) >= 11 is 18.5. The summed E-state index contributed by atoms with van der Waals surface area (Å²) in [6.07, 6.45) is -0.965. The van der Waals surface area contributed by atoms with E-state index < -0.39 is 16.2 Å². The van der Waals surface area contributed by atoms with Gasteiger partial charge in [0.25, 0.3) is 0 Å². The summed E-state index contributed by atoms with van der Waals surface area (Å²) in [5.74, 6) is 0.831. The average molecular weight is 471 g/mol. The third kappa shape index (κ3) is 6.29. The summed E-state index contributed by atoms with van der Waals surface area (Å²) in [6, 6.07) is 9.41. The number of hydrogen-bond donors (Lipinski definition) is 1. The molecule has 1 N–H and O–H groups in total. The molecule has 3 rings (SSSR count). The maximum absolute atomic E-state index is 12.1. The second-order valence-electron chi connectivity index (χ2n) is 6.43. The number of alkyl halides is 3. The second-order valence-corrected chi connectivity index (χ2v) is 10.3. The number of benzene rings is 1. The van der Waals surface area contributed by atoms with Gasteiger partial charge in [-0.05, 0) is 5.75 Å². The fourth-order valence-corrected chi connectivity index (χ4v) is 4.23. The number of nitrogens with one attached hydrogen (secondary N) is 1. The van der Waals surface area contributed by atoms with Crippen LogP contribution in [0.2, 0.25) is 0 Å². The highest BCUT2D eigenvalue weighted by Crippen LogP contribution is 2.36. The molecule has 1 aromatic carbocycles. The molecule has 2 aliphatic heterocycles.